The molecule has 0 aliphatic carbocycles. The predicted molar refractivity (Wildman–Crippen MR) is 118 cm³/mol. The molecule has 4 nitrogen and oxygen atoms in total. The normalized spacial score (nSPS) is 21.6. The zero-order chi connectivity index (χ0) is 20.3. The first-order valence-electron chi connectivity index (χ1n) is 10.5. The molecule has 5 heteroatoms. The van der Waals surface area contributed by atoms with Crippen LogP contribution in [0.3, 0.4) is 0 Å². The minimum Gasteiger partial charge on any atom is -0.317 e. The number of hydrogen-bond acceptors (Lipinski definition) is 3. The third kappa shape index (κ3) is 2.62. The molecule has 1 N–H and O–H groups in total. The summed E-state index contributed by atoms with van der Waals surface area (Å²) in [4.78, 5) is 17.5. The molecule has 2 aliphatic heterocycles. The molecule has 3 aromatic rings. The summed E-state index contributed by atoms with van der Waals surface area (Å²) in [5.74, 6) is 1.65. The van der Waals surface area contributed by atoms with Crippen LogP contribution in [0.25, 0.3) is 16.6 Å². The number of benzene rings is 2. The summed E-state index contributed by atoms with van der Waals surface area (Å²) in [7, 11) is 0. The Hall–Kier alpha value is -2.17. The molecule has 1 unspecified atom stereocenters. The van der Waals surface area contributed by atoms with Gasteiger partial charge in [0.2, 0.25) is 0 Å². The first-order valence-corrected chi connectivity index (χ1v) is 10.9. The topological polar surface area (TPSA) is 46.9 Å². The van der Waals surface area contributed by atoms with Crippen molar-refractivity contribution < 1.29 is 0 Å². The Morgan fingerprint density at radius 1 is 1.21 bits per heavy atom. The number of fused-ring (bicyclic) bond motifs is 5. The zero-order valence-corrected chi connectivity index (χ0v) is 17.9. The van der Waals surface area contributed by atoms with E-state index < -0.39 is 0 Å². The molecule has 0 radical (unpaired) electrons. The van der Waals surface area contributed by atoms with E-state index in [1.807, 2.05) is 18.2 Å². The summed E-state index contributed by atoms with van der Waals surface area (Å²) < 4.78 is 2.15. The predicted octanol–water partition coefficient (Wildman–Crippen LogP) is 4.78. The maximum atomic E-state index is 12.9. The van der Waals surface area contributed by atoms with Gasteiger partial charge in [0, 0.05) is 0 Å². The van der Waals surface area contributed by atoms with Crippen molar-refractivity contribution in [2.75, 3.05) is 13.1 Å². The van der Waals surface area contributed by atoms with Crippen LogP contribution in [0.5, 0.6) is 0 Å². The average molecular weight is 408 g/mol. The highest BCUT2D eigenvalue weighted by Gasteiger charge is 2.45. The summed E-state index contributed by atoms with van der Waals surface area (Å²) in [6.45, 7) is 8.72. The number of nitrogens with zero attached hydrogens (tertiary/aromatic N) is 2. The number of para-hydroxylation sites is 1. The lowest BCUT2D eigenvalue weighted by Gasteiger charge is -2.29. The van der Waals surface area contributed by atoms with E-state index in [1.54, 1.807) is 0 Å². The second kappa shape index (κ2) is 6.68. The minimum absolute atomic E-state index is 0.202. The van der Waals surface area contributed by atoms with Gasteiger partial charge in [-0.05, 0) is 74.0 Å². The van der Waals surface area contributed by atoms with Gasteiger partial charge in [0.25, 0.3) is 5.56 Å². The molecule has 3 heterocycles. The lowest BCUT2D eigenvalue weighted by molar-refractivity contribution is 0.394. The lowest BCUT2D eigenvalue weighted by atomic mass is 9.73. The van der Waals surface area contributed by atoms with Gasteiger partial charge in [0.1, 0.15) is 5.82 Å². The molecule has 1 fully saturated rings. The highest BCUT2D eigenvalue weighted by molar-refractivity contribution is 6.35. The number of aromatic nitrogens is 2. The molecule has 2 aromatic carbocycles. The first-order chi connectivity index (χ1) is 13.9. The van der Waals surface area contributed by atoms with Gasteiger partial charge < -0.3 is 5.32 Å². The van der Waals surface area contributed by atoms with Gasteiger partial charge >= 0.3 is 0 Å². The minimum atomic E-state index is -0.339. The standard InChI is InChI=1S/C24H26ClN3O/c1-14(2)24(3)18-8-7-16(15-9-11-26-12-10-15)13-20(18)28-21-17(5-4-6-19(21)25)22(29)27-23(24)28/h4-8,13-15,26H,9-12H2,1-3H3. The Morgan fingerprint density at radius 3 is 2.69 bits per heavy atom. The Kier molecular flexibility index (Phi) is 4.34. The third-order valence-electron chi connectivity index (χ3n) is 7.11. The number of nitrogens with one attached hydrogen (secondary N) is 1. The van der Waals surface area contributed by atoms with E-state index >= 15 is 0 Å². The number of rotatable bonds is 2. The quantitative estimate of drug-likeness (QED) is 0.664. The van der Waals surface area contributed by atoms with Crippen molar-refractivity contribution in [3.05, 3.63) is 68.7 Å². The van der Waals surface area contributed by atoms with Gasteiger partial charge in [-0.3, -0.25) is 9.36 Å². The van der Waals surface area contributed by atoms with Crippen molar-refractivity contribution in [2.24, 2.45) is 5.92 Å². The van der Waals surface area contributed by atoms with Crippen LogP contribution in [-0.4, -0.2) is 22.6 Å². The molecule has 0 spiro atoms. The molecular weight excluding hydrogens is 382 g/mol. The van der Waals surface area contributed by atoms with Gasteiger partial charge in [-0.2, -0.15) is 4.98 Å². The fraction of sp³-hybridized carbons (Fsp3) is 0.417. The summed E-state index contributed by atoms with van der Waals surface area (Å²) in [5.41, 5.74) is 3.95. The fourth-order valence-electron chi connectivity index (χ4n) is 5.08. The van der Waals surface area contributed by atoms with E-state index in [0.29, 0.717) is 16.3 Å². The zero-order valence-electron chi connectivity index (χ0n) is 17.1. The number of hydrogen-bond donors (Lipinski definition) is 1. The van der Waals surface area contributed by atoms with Crippen molar-refractivity contribution in [3.8, 4) is 5.69 Å². The molecule has 1 aromatic heterocycles. The molecule has 0 amide bonds. The largest absolute Gasteiger partial charge is 0.317 e. The van der Waals surface area contributed by atoms with Crippen molar-refractivity contribution in [3.63, 3.8) is 0 Å². The maximum absolute atomic E-state index is 12.9. The molecule has 1 atom stereocenters. The summed E-state index contributed by atoms with van der Waals surface area (Å²) in [6.07, 6.45) is 2.30. The van der Waals surface area contributed by atoms with Crippen molar-refractivity contribution >= 4 is 22.5 Å². The Morgan fingerprint density at radius 2 is 1.97 bits per heavy atom. The molecule has 1 saturated heterocycles. The Labute approximate surface area is 175 Å². The Balaban J connectivity index is 1.85. The van der Waals surface area contributed by atoms with Crippen LogP contribution in [0.1, 0.15) is 56.5 Å². The van der Waals surface area contributed by atoms with Gasteiger partial charge in [-0.15, -0.1) is 0 Å². The highest BCUT2D eigenvalue weighted by Crippen LogP contribution is 2.48. The van der Waals surface area contributed by atoms with Crippen molar-refractivity contribution in [1.29, 1.82) is 0 Å². The summed E-state index contributed by atoms with van der Waals surface area (Å²) in [6, 6.07) is 12.4. The van der Waals surface area contributed by atoms with Crippen LogP contribution in [0.2, 0.25) is 5.02 Å². The van der Waals surface area contributed by atoms with Gasteiger partial charge in [-0.1, -0.05) is 43.6 Å². The van der Waals surface area contributed by atoms with Crippen LogP contribution in [0.4, 0.5) is 0 Å². The highest BCUT2D eigenvalue weighted by atomic mass is 35.5. The molecule has 150 valence electrons. The van der Waals surface area contributed by atoms with E-state index in [0.717, 1.165) is 43.0 Å². The number of halogens is 1. The lowest BCUT2D eigenvalue weighted by Crippen LogP contribution is -2.32. The second-order valence-corrected chi connectivity index (χ2v) is 9.28. The first kappa shape index (κ1) is 18.8. The van der Waals surface area contributed by atoms with Crippen LogP contribution >= 0.6 is 11.6 Å². The van der Waals surface area contributed by atoms with Crippen LogP contribution in [0.15, 0.2) is 41.2 Å². The van der Waals surface area contributed by atoms with Crippen molar-refractivity contribution in [1.82, 2.24) is 14.9 Å². The molecular formula is C24H26ClN3O. The molecule has 0 saturated carbocycles. The second-order valence-electron chi connectivity index (χ2n) is 8.87. The van der Waals surface area contributed by atoms with Crippen LogP contribution in [0, 0.1) is 5.92 Å². The monoisotopic (exact) mass is 407 g/mol. The smallest absolute Gasteiger partial charge is 0.280 e. The number of piperidine rings is 1. The van der Waals surface area contributed by atoms with Crippen LogP contribution in [-0.2, 0) is 5.41 Å². The SMILES string of the molecule is CC(C)C1(C)c2ccc(C3CCNCC3)cc2-n2c1nc(=O)c1cccc(Cl)c12. The van der Waals surface area contributed by atoms with Gasteiger partial charge in [-0.25, -0.2) is 0 Å². The summed E-state index contributed by atoms with van der Waals surface area (Å²) >= 11 is 6.64. The van der Waals surface area contributed by atoms with E-state index in [2.05, 4.69) is 53.8 Å². The van der Waals surface area contributed by atoms with E-state index in [9.17, 15) is 4.79 Å². The molecule has 5 rings (SSSR count). The average Bonchev–Trinajstić information content (AvgIpc) is 2.98. The van der Waals surface area contributed by atoms with E-state index in [1.165, 1.54) is 11.1 Å². The molecule has 0 bridgehead atoms. The Bertz CT molecular complexity index is 1180. The van der Waals surface area contributed by atoms with Gasteiger partial charge in [0.15, 0.2) is 0 Å². The maximum Gasteiger partial charge on any atom is 0.280 e. The molecule has 2 aliphatic rings. The van der Waals surface area contributed by atoms with E-state index in [-0.39, 0.29) is 16.9 Å². The van der Waals surface area contributed by atoms with Crippen LogP contribution < -0.4 is 10.9 Å². The summed E-state index contributed by atoms with van der Waals surface area (Å²) in [5, 5.41) is 4.62. The van der Waals surface area contributed by atoms with E-state index in [4.69, 9.17) is 11.6 Å². The third-order valence-corrected chi connectivity index (χ3v) is 7.42. The van der Waals surface area contributed by atoms with Crippen molar-refractivity contribution in [2.45, 2.75) is 44.9 Å². The van der Waals surface area contributed by atoms with Gasteiger partial charge in [0.05, 0.1) is 27.0 Å². The fourth-order valence-corrected chi connectivity index (χ4v) is 5.34. The molecule has 29 heavy (non-hydrogen) atoms.